The van der Waals surface area contributed by atoms with Crippen LogP contribution in [-0.2, 0) is 43.3 Å². The number of carbonyl (C=O) groups is 1. The average Bonchev–Trinajstić information content (AvgIpc) is 2.82. The summed E-state index contributed by atoms with van der Waals surface area (Å²) in [5, 5.41) is 0. The highest BCUT2D eigenvalue weighted by Gasteiger charge is 2.14. The van der Waals surface area contributed by atoms with E-state index in [0.717, 1.165) is 6.07 Å². The fourth-order valence-corrected chi connectivity index (χ4v) is 3.25. The Kier molecular flexibility index (Phi) is 17.8. The SMILES string of the molecule is COCCOCCOCCOCCOCCOCCOCCC(=O)c1ccccc1S(=O)(=O)[O-]. The van der Waals surface area contributed by atoms with Gasteiger partial charge in [-0.2, -0.15) is 0 Å². The lowest BCUT2D eigenvalue weighted by molar-refractivity contribution is -0.0190. The Balaban J connectivity index is 1.88. The number of ketones is 1. The van der Waals surface area contributed by atoms with Gasteiger partial charge in [-0.1, -0.05) is 18.2 Å². The average molecular weight is 508 g/mol. The summed E-state index contributed by atoms with van der Waals surface area (Å²) < 4.78 is 70.6. The van der Waals surface area contributed by atoms with E-state index >= 15 is 0 Å². The van der Waals surface area contributed by atoms with Gasteiger partial charge in [-0.05, 0) is 6.07 Å². The number of benzene rings is 1. The van der Waals surface area contributed by atoms with Gasteiger partial charge >= 0.3 is 0 Å². The van der Waals surface area contributed by atoms with Gasteiger partial charge in [0.05, 0.1) is 90.8 Å². The standard InChI is InChI=1S/C22H36O11S/c1-27-8-9-29-12-13-31-16-17-33-19-18-32-15-14-30-11-10-28-7-6-21(23)20-4-2-3-5-22(20)34(24,25)26/h2-5H,6-19H2,1H3,(H,24,25,26)/p-1. The lowest BCUT2D eigenvalue weighted by Gasteiger charge is -2.12. The van der Waals surface area contributed by atoms with Crippen molar-refractivity contribution in [3.8, 4) is 0 Å². The van der Waals surface area contributed by atoms with Crippen LogP contribution in [0.25, 0.3) is 0 Å². The summed E-state index contributed by atoms with van der Waals surface area (Å²) in [6, 6.07) is 5.34. The first-order valence-corrected chi connectivity index (χ1v) is 12.4. The Labute approximate surface area is 201 Å². The van der Waals surface area contributed by atoms with Crippen LogP contribution in [0.3, 0.4) is 0 Å². The third-order valence-electron chi connectivity index (χ3n) is 4.22. The molecule has 1 rings (SSSR count). The van der Waals surface area contributed by atoms with E-state index in [1.807, 2.05) is 0 Å². The van der Waals surface area contributed by atoms with E-state index in [2.05, 4.69) is 0 Å². The lowest BCUT2D eigenvalue weighted by atomic mass is 10.1. The van der Waals surface area contributed by atoms with Gasteiger partial charge in [0.25, 0.3) is 0 Å². The Bertz CT molecular complexity index is 755. The number of rotatable bonds is 23. The lowest BCUT2D eigenvalue weighted by Crippen LogP contribution is -2.15. The zero-order valence-corrected chi connectivity index (χ0v) is 20.4. The topological polar surface area (TPSA) is 139 Å². The quantitative estimate of drug-likeness (QED) is 0.119. The molecule has 0 bridgehead atoms. The molecule has 12 heteroatoms. The predicted molar refractivity (Wildman–Crippen MR) is 120 cm³/mol. The number of methoxy groups -OCH3 is 1. The fraction of sp³-hybridized carbons (Fsp3) is 0.682. The number of carbonyl (C=O) groups excluding carboxylic acids is 1. The van der Waals surface area contributed by atoms with E-state index in [-0.39, 0.29) is 25.2 Å². The molecular weight excluding hydrogens is 472 g/mol. The van der Waals surface area contributed by atoms with Crippen molar-refractivity contribution in [1.82, 2.24) is 0 Å². The van der Waals surface area contributed by atoms with Crippen LogP contribution in [0.5, 0.6) is 0 Å². The predicted octanol–water partition coefficient (Wildman–Crippen LogP) is 0.910. The van der Waals surface area contributed by atoms with Crippen LogP contribution < -0.4 is 0 Å². The van der Waals surface area contributed by atoms with Crippen LogP contribution in [0.15, 0.2) is 29.2 Å². The van der Waals surface area contributed by atoms with Gasteiger partial charge < -0.3 is 37.7 Å². The minimum atomic E-state index is -4.71. The minimum absolute atomic E-state index is 0.0388. The molecule has 34 heavy (non-hydrogen) atoms. The molecule has 0 aliphatic carbocycles. The molecule has 0 N–H and O–H groups in total. The molecule has 0 radical (unpaired) electrons. The van der Waals surface area contributed by atoms with Gasteiger partial charge in [-0.25, -0.2) is 8.42 Å². The Hall–Kier alpha value is -1.48. The van der Waals surface area contributed by atoms with Crippen molar-refractivity contribution >= 4 is 15.9 Å². The molecule has 1 aromatic carbocycles. The van der Waals surface area contributed by atoms with Crippen molar-refractivity contribution in [2.24, 2.45) is 0 Å². The van der Waals surface area contributed by atoms with Crippen molar-refractivity contribution in [3.63, 3.8) is 0 Å². The molecule has 0 unspecified atom stereocenters. The molecule has 0 aliphatic rings. The van der Waals surface area contributed by atoms with Gasteiger partial charge in [0.1, 0.15) is 10.1 Å². The molecule has 0 aromatic heterocycles. The number of hydrogen-bond donors (Lipinski definition) is 0. The largest absolute Gasteiger partial charge is 0.744 e. The highest BCUT2D eigenvalue weighted by atomic mass is 32.2. The summed E-state index contributed by atoms with van der Waals surface area (Å²) in [6.45, 7) is 5.55. The van der Waals surface area contributed by atoms with Crippen molar-refractivity contribution in [1.29, 1.82) is 0 Å². The van der Waals surface area contributed by atoms with Gasteiger partial charge in [0.15, 0.2) is 5.78 Å². The first-order valence-electron chi connectivity index (χ1n) is 11.0. The second kappa shape index (κ2) is 19.8. The van der Waals surface area contributed by atoms with Crippen molar-refractivity contribution in [3.05, 3.63) is 29.8 Å². The highest BCUT2D eigenvalue weighted by molar-refractivity contribution is 7.85. The molecule has 0 saturated carbocycles. The van der Waals surface area contributed by atoms with E-state index in [9.17, 15) is 17.8 Å². The second-order valence-electron chi connectivity index (χ2n) is 6.79. The summed E-state index contributed by atoms with van der Waals surface area (Å²) in [4.78, 5) is 11.6. The second-order valence-corrected chi connectivity index (χ2v) is 8.14. The Morgan fingerprint density at radius 3 is 1.47 bits per heavy atom. The van der Waals surface area contributed by atoms with Crippen LogP contribution >= 0.6 is 0 Å². The maximum absolute atomic E-state index is 12.1. The zero-order chi connectivity index (χ0) is 24.9. The molecule has 0 spiro atoms. The monoisotopic (exact) mass is 507 g/mol. The van der Waals surface area contributed by atoms with Crippen LogP contribution in [0.4, 0.5) is 0 Å². The Morgan fingerprint density at radius 1 is 0.676 bits per heavy atom. The zero-order valence-electron chi connectivity index (χ0n) is 19.6. The van der Waals surface area contributed by atoms with E-state index in [0.29, 0.717) is 72.7 Å². The third-order valence-corrected chi connectivity index (χ3v) is 5.12. The van der Waals surface area contributed by atoms with Gasteiger partial charge in [0.2, 0.25) is 0 Å². The maximum Gasteiger partial charge on any atom is 0.166 e. The summed E-state index contributed by atoms with van der Waals surface area (Å²) >= 11 is 0. The molecular formula is C22H35O11S-. The van der Waals surface area contributed by atoms with Crippen molar-refractivity contribution in [2.45, 2.75) is 11.3 Å². The molecule has 0 atom stereocenters. The first-order chi connectivity index (χ1) is 16.5. The van der Waals surface area contributed by atoms with Crippen molar-refractivity contribution in [2.75, 3.05) is 93.0 Å². The van der Waals surface area contributed by atoms with Gasteiger partial charge in [-0.3, -0.25) is 4.79 Å². The molecule has 1 aromatic rings. The van der Waals surface area contributed by atoms with Gasteiger partial charge in [0, 0.05) is 19.1 Å². The molecule has 0 heterocycles. The minimum Gasteiger partial charge on any atom is -0.744 e. The van der Waals surface area contributed by atoms with E-state index < -0.39 is 20.8 Å². The molecule has 0 amide bonds. The first kappa shape index (κ1) is 30.6. The van der Waals surface area contributed by atoms with Crippen LogP contribution in [0.2, 0.25) is 0 Å². The smallest absolute Gasteiger partial charge is 0.166 e. The van der Waals surface area contributed by atoms with E-state index in [4.69, 9.17) is 33.2 Å². The van der Waals surface area contributed by atoms with Crippen LogP contribution in [0.1, 0.15) is 16.8 Å². The molecule has 196 valence electrons. The van der Waals surface area contributed by atoms with E-state index in [1.165, 1.54) is 18.2 Å². The molecule has 0 aliphatic heterocycles. The highest BCUT2D eigenvalue weighted by Crippen LogP contribution is 2.16. The van der Waals surface area contributed by atoms with E-state index in [1.54, 1.807) is 7.11 Å². The molecule has 11 nitrogen and oxygen atoms in total. The number of Topliss-reactive ketones (excluding diaryl/α,β-unsaturated/α-hetero) is 1. The third kappa shape index (κ3) is 15.4. The fourth-order valence-electron chi connectivity index (χ4n) is 2.56. The molecule has 0 fully saturated rings. The summed E-state index contributed by atoms with van der Waals surface area (Å²) in [5.74, 6) is -0.468. The summed E-state index contributed by atoms with van der Waals surface area (Å²) in [6.07, 6.45) is -0.0388. The van der Waals surface area contributed by atoms with Crippen molar-refractivity contribution < 1.29 is 50.9 Å². The van der Waals surface area contributed by atoms with Crippen LogP contribution in [-0.4, -0.2) is 112 Å². The Morgan fingerprint density at radius 2 is 1.06 bits per heavy atom. The maximum atomic E-state index is 12.1. The molecule has 0 saturated heterocycles. The number of hydrogen-bond acceptors (Lipinski definition) is 11. The normalized spacial score (nSPS) is 11.7. The van der Waals surface area contributed by atoms with Crippen LogP contribution in [0, 0.1) is 0 Å². The summed E-state index contributed by atoms with van der Waals surface area (Å²) in [5.41, 5.74) is -0.116. The number of ether oxygens (including phenoxy) is 7. The van der Waals surface area contributed by atoms with Gasteiger partial charge in [-0.15, -0.1) is 0 Å². The summed E-state index contributed by atoms with van der Waals surface area (Å²) in [7, 11) is -3.08.